The van der Waals surface area contributed by atoms with Gasteiger partial charge in [-0.3, -0.25) is 4.57 Å². The monoisotopic (exact) mass is 579 g/mol. The van der Waals surface area contributed by atoms with E-state index in [1.54, 1.807) is 0 Å². The van der Waals surface area contributed by atoms with Gasteiger partial charge in [-0.05, 0) is 43.3 Å². The molecule has 10 nitrogen and oxygen atoms in total. The number of hydrogen-bond donors (Lipinski definition) is 3. The Bertz CT molecular complexity index is 1420. The highest BCUT2D eigenvalue weighted by molar-refractivity contribution is 6.30. The number of halogens is 7. The van der Waals surface area contributed by atoms with Crippen molar-refractivity contribution in [2.75, 3.05) is 5.01 Å². The van der Waals surface area contributed by atoms with Crippen molar-refractivity contribution in [3.63, 3.8) is 0 Å². The van der Waals surface area contributed by atoms with Crippen LogP contribution in [0.5, 0.6) is 0 Å². The van der Waals surface area contributed by atoms with Crippen molar-refractivity contribution < 1.29 is 36.6 Å². The highest BCUT2D eigenvalue weighted by Gasteiger charge is 2.41. The van der Waals surface area contributed by atoms with E-state index in [0.29, 0.717) is 9.59 Å². The Morgan fingerprint density at radius 3 is 2.36 bits per heavy atom. The van der Waals surface area contributed by atoms with Gasteiger partial charge in [0.15, 0.2) is 23.6 Å². The van der Waals surface area contributed by atoms with Crippen molar-refractivity contribution in [1.29, 1.82) is 0 Å². The summed E-state index contributed by atoms with van der Waals surface area (Å²) in [5.74, 6) is -1.08. The maximum absolute atomic E-state index is 13.6. The molecule has 1 aliphatic heterocycles. The van der Waals surface area contributed by atoms with Gasteiger partial charge in [-0.2, -0.15) is 26.3 Å². The van der Waals surface area contributed by atoms with E-state index in [0.717, 1.165) is 28.0 Å². The SMILES string of the molecule is C[C@@H](O)C1=NC(Cn2nc(-c3ccc(Cl)cc3)n(C[C@H](O)C(F)(F)F)c2=O)NN1c1ncccc1C(F)(F)F. The van der Waals surface area contributed by atoms with E-state index in [-0.39, 0.29) is 17.2 Å². The van der Waals surface area contributed by atoms with Crippen LogP contribution in [0.3, 0.4) is 0 Å². The third-order valence-electron chi connectivity index (χ3n) is 5.58. The van der Waals surface area contributed by atoms with E-state index in [1.165, 1.54) is 31.2 Å². The van der Waals surface area contributed by atoms with Gasteiger partial charge < -0.3 is 10.2 Å². The molecule has 3 aromatic rings. The van der Waals surface area contributed by atoms with E-state index >= 15 is 0 Å². The second-order valence-electron chi connectivity index (χ2n) is 8.48. The number of pyridine rings is 1. The van der Waals surface area contributed by atoms with Crippen LogP contribution in [0.25, 0.3) is 11.4 Å². The fourth-order valence-electron chi connectivity index (χ4n) is 3.78. The van der Waals surface area contributed by atoms with Gasteiger partial charge in [0.2, 0.25) is 0 Å². The summed E-state index contributed by atoms with van der Waals surface area (Å²) < 4.78 is 81.3. The molecule has 210 valence electrons. The van der Waals surface area contributed by atoms with Crippen LogP contribution in [0.4, 0.5) is 32.2 Å². The van der Waals surface area contributed by atoms with E-state index in [1.807, 2.05) is 0 Å². The molecule has 1 unspecified atom stereocenters. The fourth-order valence-corrected chi connectivity index (χ4v) is 3.91. The third-order valence-corrected chi connectivity index (χ3v) is 5.83. The molecule has 0 spiro atoms. The Kier molecular flexibility index (Phi) is 7.75. The Morgan fingerprint density at radius 2 is 1.77 bits per heavy atom. The van der Waals surface area contributed by atoms with E-state index in [9.17, 15) is 41.4 Å². The summed E-state index contributed by atoms with van der Waals surface area (Å²) in [5.41, 5.74) is 0.654. The Balaban J connectivity index is 1.71. The molecule has 0 radical (unpaired) electrons. The van der Waals surface area contributed by atoms with E-state index in [4.69, 9.17) is 11.6 Å². The van der Waals surface area contributed by atoms with Crippen molar-refractivity contribution in [2.24, 2.45) is 4.99 Å². The first-order valence-electron chi connectivity index (χ1n) is 11.2. The van der Waals surface area contributed by atoms with Crippen molar-refractivity contribution >= 4 is 23.3 Å². The number of benzene rings is 1. The topological polar surface area (TPSA) is 121 Å². The Hall–Kier alpha value is -3.47. The number of anilines is 1. The van der Waals surface area contributed by atoms with Gasteiger partial charge in [0.05, 0.1) is 18.7 Å². The second kappa shape index (κ2) is 10.6. The molecule has 0 aliphatic carbocycles. The number of aliphatic imine (C=N–C) groups is 1. The molecule has 2 aromatic heterocycles. The molecule has 1 aromatic carbocycles. The molecule has 3 heterocycles. The first kappa shape index (κ1) is 28.5. The zero-order valence-electron chi connectivity index (χ0n) is 19.8. The van der Waals surface area contributed by atoms with Crippen LogP contribution in [0.2, 0.25) is 5.02 Å². The average Bonchev–Trinajstić information content (AvgIpc) is 3.41. The minimum Gasteiger partial charge on any atom is -0.385 e. The van der Waals surface area contributed by atoms with Crippen molar-refractivity contribution in [2.45, 2.75) is 50.7 Å². The first-order valence-corrected chi connectivity index (χ1v) is 11.6. The number of aromatic nitrogens is 4. The maximum atomic E-state index is 13.6. The zero-order chi connectivity index (χ0) is 28.7. The normalized spacial score (nSPS) is 17.8. The molecule has 0 bridgehead atoms. The van der Waals surface area contributed by atoms with E-state index < -0.39 is 60.9 Å². The average molecular weight is 580 g/mol. The van der Waals surface area contributed by atoms with Crippen LogP contribution in [-0.4, -0.2) is 59.9 Å². The van der Waals surface area contributed by atoms with Gasteiger partial charge >= 0.3 is 18.0 Å². The molecule has 39 heavy (non-hydrogen) atoms. The molecule has 0 saturated heterocycles. The Morgan fingerprint density at radius 1 is 1.10 bits per heavy atom. The van der Waals surface area contributed by atoms with Crippen molar-refractivity contribution in [3.05, 3.63) is 63.7 Å². The van der Waals surface area contributed by atoms with Crippen LogP contribution >= 0.6 is 11.6 Å². The lowest BCUT2D eigenvalue weighted by molar-refractivity contribution is -0.207. The molecule has 0 fully saturated rings. The van der Waals surface area contributed by atoms with Gasteiger partial charge in [0.25, 0.3) is 0 Å². The van der Waals surface area contributed by atoms with Crippen molar-refractivity contribution in [1.82, 2.24) is 24.8 Å². The lowest BCUT2D eigenvalue weighted by Gasteiger charge is -2.24. The molecule has 0 amide bonds. The summed E-state index contributed by atoms with van der Waals surface area (Å²) in [6.07, 6.45) is -14.1. The minimum absolute atomic E-state index is 0.210. The summed E-state index contributed by atoms with van der Waals surface area (Å²) >= 11 is 5.87. The number of nitrogens with zero attached hydrogens (tertiary/aromatic N) is 6. The predicted molar refractivity (Wildman–Crippen MR) is 127 cm³/mol. The highest BCUT2D eigenvalue weighted by Crippen LogP contribution is 2.35. The van der Waals surface area contributed by atoms with Gasteiger partial charge in [0.1, 0.15) is 12.3 Å². The maximum Gasteiger partial charge on any atom is 0.420 e. The molecule has 3 N–H and O–H groups in total. The lowest BCUT2D eigenvalue weighted by Crippen LogP contribution is -2.47. The van der Waals surface area contributed by atoms with Gasteiger partial charge in [0, 0.05) is 16.8 Å². The summed E-state index contributed by atoms with van der Waals surface area (Å²) in [5, 5.41) is 25.0. The minimum atomic E-state index is -5.03. The number of amidine groups is 1. The van der Waals surface area contributed by atoms with Crippen molar-refractivity contribution in [3.8, 4) is 11.4 Å². The summed E-state index contributed by atoms with van der Waals surface area (Å²) in [6.45, 7) is -0.380. The number of nitrogens with one attached hydrogen (secondary N) is 1. The third kappa shape index (κ3) is 6.08. The smallest absolute Gasteiger partial charge is 0.385 e. The second-order valence-corrected chi connectivity index (χ2v) is 8.92. The number of hydrogen-bond acceptors (Lipinski definition) is 8. The van der Waals surface area contributed by atoms with Crippen LogP contribution in [-0.2, 0) is 19.3 Å². The molecular weight excluding hydrogens is 560 g/mol. The lowest BCUT2D eigenvalue weighted by atomic mass is 10.2. The standard InChI is InChI=1S/C22H20ClF6N7O3/c1-11(37)17-31-16(32-36(17)19-14(21(24,25)26)3-2-8-30-19)10-35-20(39)34(9-15(38)22(27,28)29)18(33-35)12-4-6-13(23)7-5-12/h2-8,11,15-16,32,37-38H,9-10H2,1H3/t11-,15+,16?/m1/s1. The molecule has 1 aliphatic rings. The number of hydrazine groups is 1. The summed E-state index contributed by atoms with van der Waals surface area (Å²) in [6, 6.07) is 7.53. The quantitative estimate of drug-likeness (QED) is 0.368. The molecular formula is C22H20ClF6N7O3. The van der Waals surface area contributed by atoms with E-state index in [2.05, 4.69) is 20.5 Å². The molecule has 17 heteroatoms. The van der Waals surface area contributed by atoms with Gasteiger partial charge in [-0.25, -0.2) is 29.9 Å². The highest BCUT2D eigenvalue weighted by atomic mass is 35.5. The van der Waals surface area contributed by atoms with Crippen LogP contribution in [0, 0.1) is 0 Å². The predicted octanol–water partition coefficient (Wildman–Crippen LogP) is 2.83. The molecule has 3 atom stereocenters. The van der Waals surface area contributed by atoms with Crippen LogP contribution in [0.1, 0.15) is 12.5 Å². The zero-order valence-corrected chi connectivity index (χ0v) is 20.6. The molecule has 0 saturated carbocycles. The van der Waals surface area contributed by atoms with Gasteiger partial charge in [-0.1, -0.05) is 11.6 Å². The Labute approximate surface area is 220 Å². The molecule has 4 rings (SSSR count). The number of aliphatic hydroxyl groups excluding tert-OH is 2. The largest absolute Gasteiger partial charge is 0.420 e. The first-order chi connectivity index (χ1) is 18.2. The number of aliphatic hydroxyl groups is 2. The fraction of sp³-hybridized carbons (Fsp3) is 0.364. The number of rotatable bonds is 7. The van der Waals surface area contributed by atoms with Gasteiger partial charge in [-0.15, -0.1) is 5.10 Å². The van der Waals surface area contributed by atoms with Crippen LogP contribution < -0.4 is 16.1 Å². The van der Waals surface area contributed by atoms with Crippen LogP contribution in [0.15, 0.2) is 52.4 Å². The summed E-state index contributed by atoms with van der Waals surface area (Å²) in [4.78, 5) is 21.0. The number of alkyl halides is 6. The summed E-state index contributed by atoms with van der Waals surface area (Å²) in [7, 11) is 0.